The second-order valence-corrected chi connectivity index (χ2v) is 7.54. The smallest absolute Gasteiger partial charge is 0.469 e. The predicted molar refractivity (Wildman–Crippen MR) is 87.8 cm³/mol. The van der Waals surface area contributed by atoms with Crippen molar-refractivity contribution in [3.05, 3.63) is 52.5 Å². The van der Waals surface area contributed by atoms with E-state index in [0.29, 0.717) is 24.3 Å². The normalized spacial score (nSPS) is 13.3. The largest absolute Gasteiger partial charge is 0.501 e. The van der Waals surface area contributed by atoms with E-state index in [1.165, 1.54) is 6.26 Å². The summed E-state index contributed by atoms with van der Waals surface area (Å²) in [6, 6.07) is 5.21. The summed E-state index contributed by atoms with van der Waals surface area (Å²) in [5, 5.41) is 23.2. The third kappa shape index (κ3) is 4.77. The Kier molecular flexibility index (Phi) is 6.11. The van der Waals surface area contributed by atoms with Crippen molar-refractivity contribution >= 4 is 21.2 Å². The highest BCUT2D eigenvalue weighted by Crippen LogP contribution is 2.34. The first-order valence-electron chi connectivity index (χ1n) is 7.53. The molecule has 0 fully saturated rings. The number of sulfone groups is 1. The molecule has 1 heterocycles. The summed E-state index contributed by atoms with van der Waals surface area (Å²) in [6.07, 6.45) is 1.77. The number of alkyl halides is 3. The summed E-state index contributed by atoms with van der Waals surface area (Å²) in [5.41, 5.74) is -6.56. The van der Waals surface area contributed by atoms with Crippen molar-refractivity contribution in [1.29, 1.82) is 0 Å². The molecule has 27 heavy (non-hydrogen) atoms. The number of nitrogens with one attached hydrogen (secondary N) is 1. The van der Waals surface area contributed by atoms with Gasteiger partial charge in [-0.2, -0.15) is 13.2 Å². The first kappa shape index (κ1) is 20.7. The maximum Gasteiger partial charge on any atom is 0.501 e. The summed E-state index contributed by atoms with van der Waals surface area (Å²) in [5.74, 6) is 0.186. The van der Waals surface area contributed by atoms with E-state index < -0.39 is 36.8 Å². The van der Waals surface area contributed by atoms with Crippen LogP contribution in [0, 0.1) is 16.0 Å². The number of aliphatic hydroxyl groups is 1. The Labute approximate surface area is 151 Å². The number of furan rings is 1. The first-order valence-corrected chi connectivity index (χ1v) is 9.01. The molecule has 0 saturated carbocycles. The molecular formula is C15H15F3N2O6S. The minimum absolute atomic E-state index is 0.0450. The molecule has 0 aliphatic carbocycles. The van der Waals surface area contributed by atoms with E-state index in [0.717, 1.165) is 6.07 Å². The fourth-order valence-electron chi connectivity index (χ4n) is 2.28. The van der Waals surface area contributed by atoms with Crippen LogP contribution in [0.4, 0.5) is 24.5 Å². The number of hydrogen-bond donors (Lipinski definition) is 2. The molecule has 1 atom stereocenters. The van der Waals surface area contributed by atoms with Gasteiger partial charge in [0, 0.05) is 31.6 Å². The lowest BCUT2D eigenvalue weighted by atomic mass is 10.0. The Morgan fingerprint density at radius 3 is 2.52 bits per heavy atom. The van der Waals surface area contributed by atoms with Gasteiger partial charge in [-0.1, -0.05) is 0 Å². The predicted octanol–water partition coefficient (Wildman–Crippen LogP) is 2.74. The third-order valence-corrected chi connectivity index (χ3v) is 5.17. The molecule has 0 bridgehead atoms. The highest BCUT2D eigenvalue weighted by Gasteiger charge is 2.47. The molecule has 0 unspecified atom stereocenters. The van der Waals surface area contributed by atoms with Crippen LogP contribution in [0.15, 0.2) is 45.9 Å². The molecule has 0 saturated heterocycles. The van der Waals surface area contributed by atoms with Gasteiger partial charge in [0.25, 0.3) is 15.5 Å². The van der Waals surface area contributed by atoms with Crippen molar-refractivity contribution in [3.63, 3.8) is 0 Å². The minimum Gasteiger partial charge on any atom is -0.469 e. The Morgan fingerprint density at radius 2 is 2.00 bits per heavy atom. The summed E-state index contributed by atoms with van der Waals surface area (Å²) < 4.78 is 65.8. The lowest BCUT2D eigenvalue weighted by Crippen LogP contribution is -2.23. The van der Waals surface area contributed by atoms with Gasteiger partial charge < -0.3 is 14.8 Å². The van der Waals surface area contributed by atoms with E-state index in [4.69, 9.17) is 4.42 Å². The van der Waals surface area contributed by atoms with Crippen molar-refractivity contribution < 1.29 is 36.0 Å². The number of rotatable bonds is 8. The molecule has 148 valence electrons. The van der Waals surface area contributed by atoms with Gasteiger partial charge >= 0.3 is 5.51 Å². The molecule has 0 spiro atoms. The van der Waals surface area contributed by atoms with Gasteiger partial charge in [-0.3, -0.25) is 10.1 Å². The van der Waals surface area contributed by atoms with E-state index in [-0.39, 0.29) is 18.8 Å². The summed E-state index contributed by atoms with van der Waals surface area (Å²) in [7, 11) is -5.70. The van der Waals surface area contributed by atoms with Crippen LogP contribution in [0.1, 0.15) is 5.76 Å². The van der Waals surface area contributed by atoms with Crippen molar-refractivity contribution in [3.8, 4) is 0 Å². The number of aliphatic hydroxyl groups excluding tert-OH is 1. The molecular weight excluding hydrogens is 393 g/mol. The van der Waals surface area contributed by atoms with Gasteiger partial charge in [-0.05, 0) is 24.3 Å². The third-order valence-electron chi connectivity index (χ3n) is 3.69. The number of anilines is 1. The monoisotopic (exact) mass is 408 g/mol. The van der Waals surface area contributed by atoms with Crippen LogP contribution in [0.5, 0.6) is 0 Å². The van der Waals surface area contributed by atoms with E-state index in [2.05, 4.69) is 5.32 Å². The van der Waals surface area contributed by atoms with Gasteiger partial charge in [0.1, 0.15) is 11.4 Å². The summed E-state index contributed by atoms with van der Waals surface area (Å²) in [6.45, 7) is -0.231. The molecule has 0 aliphatic heterocycles. The SMILES string of the molecule is O=[N+]([O-])c1cc(S(=O)(=O)C(F)(F)F)ccc1NC[C@H](CO)Cc1ccco1. The van der Waals surface area contributed by atoms with E-state index in [1.54, 1.807) is 12.1 Å². The van der Waals surface area contributed by atoms with Crippen LogP contribution in [-0.4, -0.2) is 37.1 Å². The van der Waals surface area contributed by atoms with Gasteiger partial charge in [0.15, 0.2) is 0 Å². The Balaban J connectivity index is 2.23. The van der Waals surface area contributed by atoms with Crippen LogP contribution in [-0.2, 0) is 16.3 Å². The Bertz CT molecular complexity index is 897. The summed E-state index contributed by atoms with van der Waals surface area (Å²) in [4.78, 5) is 8.94. The van der Waals surface area contributed by atoms with Crippen molar-refractivity contribution in [2.24, 2.45) is 5.92 Å². The summed E-state index contributed by atoms with van der Waals surface area (Å²) >= 11 is 0. The zero-order valence-corrected chi connectivity index (χ0v) is 14.5. The van der Waals surface area contributed by atoms with Crippen LogP contribution < -0.4 is 5.32 Å². The van der Waals surface area contributed by atoms with Crippen LogP contribution >= 0.6 is 0 Å². The average molecular weight is 408 g/mol. The van der Waals surface area contributed by atoms with Crippen molar-refractivity contribution in [2.75, 3.05) is 18.5 Å². The topological polar surface area (TPSA) is 123 Å². The fourth-order valence-corrected chi connectivity index (χ4v) is 3.06. The Hall–Kier alpha value is -2.60. The number of nitrogens with zero attached hydrogens (tertiary/aromatic N) is 1. The zero-order valence-electron chi connectivity index (χ0n) is 13.6. The van der Waals surface area contributed by atoms with Crippen LogP contribution in [0.2, 0.25) is 0 Å². The molecule has 0 aliphatic rings. The Morgan fingerprint density at radius 1 is 1.30 bits per heavy atom. The zero-order chi connectivity index (χ0) is 20.2. The molecule has 0 amide bonds. The van der Waals surface area contributed by atoms with E-state index in [1.807, 2.05) is 0 Å². The molecule has 12 heteroatoms. The lowest BCUT2D eigenvalue weighted by molar-refractivity contribution is -0.384. The van der Waals surface area contributed by atoms with Crippen molar-refractivity contribution in [1.82, 2.24) is 0 Å². The van der Waals surface area contributed by atoms with E-state index >= 15 is 0 Å². The second kappa shape index (κ2) is 7.96. The standard InChI is InChI=1S/C15H15F3N2O6S/c16-15(17,18)27(24,25)12-3-4-13(14(7-12)20(22)23)19-8-10(9-21)6-11-2-1-5-26-11/h1-5,7,10,19,21H,6,8-9H2/t10-/m1/s1. The molecule has 8 nitrogen and oxygen atoms in total. The maximum atomic E-state index is 12.6. The number of nitro benzene ring substituents is 1. The second-order valence-electron chi connectivity index (χ2n) is 5.60. The minimum atomic E-state index is -5.70. The van der Waals surface area contributed by atoms with Crippen LogP contribution in [0.3, 0.4) is 0 Å². The molecule has 1 aromatic heterocycles. The number of nitro groups is 1. The van der Waals surface area contributed by atoms with Crippen molar-refractivity contribution in [2.45, 2.75) is 16.8 Å². The molecule has 2 N–H and O–H groups in total. The number of hydrogen-bond acceptors (Lipinski definition) is 7. The van der Waals surface area contributed by atoms with Gasteiger partial charge in [-0.15, -0.1) is 0 Å². The fraction of sp³-hybridized carbons (Fsp3) is 0.333. The first-order chi connectivity index (χ1) is 12.6. The van der Waals surface area contributed by atoms with Crippen LogP contribution in [0.25, 0.3) is 0 Å². The quantitative estimate of drug-likeness (QED) is 0.509. The lowest BCUT2D eigenvalue weighted by Gasteiger charge is -2.15. The van der Waals surface area contributed by atoms with Gasteiger partial charge in [0.2, 0.25) is 0 Å². The van der Waals surface area contributed by atoms with Gasteiger partial charge in [0.05, 0.1) is 16.1 Å². The van der Waals surface area contributed by atoms with E-state index in [9.17, 15) is 36.8 Å². The maximum absolute atomic E-state index is 12.6. The highest BCUT2D eigenvalue weighted by molar-refractivity contribution is 7.92. The number of benzene rings is 1. The molecule has 2 aromatic rings. The highest BCUT2D eigenvalue weighted by atomic mass is 32.2. The van der Waals surface area contributed by atoms with Gasteiger partial charge in [-0.25, -0.2) is 8.42 Å². The molecule has 0 radical (unpaired) electrons. The average Bonchev–Trinajstić information content (AvgIpc) is 3.10. The number of halogens is 3. The molecule has 1 aromatic carbocycles. The molecule has 2 rings (SSSR count).